The van der Waals surface area contributed by atoms with E-state index in [9.17, 15) is 10.1 Å². The highest BCUT2D eigenvalue weighted by atomic mass is 35.5. The maximum atomic E-state index is 10.1. The van der Waals surface area contributed by atoms with E-state index in [1.807, 2.05) is 0 Å². The van der Waals surface area contributed by atoms with Gasteiger partial charge in [-0.2, -0.15) is 0 Å². The highest BCUT2D eigenvalue weighted by Crippen LogP contribution is 2.14. The van der Waals surface area contributed by atoms with E-state index in [0.717, 1.165) is 0 Å². The molecule has 4 nitrogen and oxygen atoms in total. The Morgan fingerprint density at radius 3 is 2.33 bits per heavy atom. The van der Waals surface area contributed by atoms with Crippen molar-refractivity contribution in [2.75, 3.05) is 0 Å². The Balaban J connectivity index is 2.93. The maximum absolute atomic E-state index is 10.1. The van der Waals surface area contributed by atoms with Gasteiger partial charge >= 0.3 is 0 Å². The van der Waals surface area contributed by atoms with Crippen LogP contribution in [0.3, 0.4) is 0 Å². The van der Waals surface area contributed by atoms with Crippen molar-refractivity contribution in [3.05, 3.63) is 38.1 Å². The van der Waals surface area contributed by atoms with Gasteiger partial charge in [-0.25, -0.2) is 4.98 Å². The monoisotopic (exact) mass is 206 g/mol. The van der Waals surface area contributed by atoms with E-state index < -0.39 is 4.92 Å². The summed E-state index contributed by atoms with van der Waals surface area (Å²) in [5.74, 6) is 0. The molecular formula is C6H4Cl2N2O2. The van der Waals surface area contributed by atoms with E-state index >= 15 is 0 Å². The molecular weight excluding hydrogens is 203 g/mol. The summed E-state index contributed by atoms with van der Waals surface area (Å²) in [6, 6.07) is 2.83. The van der Waals surface area contributed by atoms with Crippen molar-refractivity contribution in [1.29, 1.82) is 0 Å². The van der Waals surface area contributed by atoms with Crippen LogP contribution in [-0.2, 0) is 6.54 Å². The number of hydrogen-bond donors (Lipinski definition) is 0. The molecule has 0 N–H and O–H groups in total. The zero-order chi connectivity index (χ0) is 9.14. The second-order valence-electron chi connectivity index (χ2n) is 2.11. The zero-order valence-electron chi connectivity index (χ0n) is 5.83. The molecule has 1 rings (SSSR count). The fourth-order valence-corrected chi connectivity index (χ4v) is 1.26. The third-order valence-electron chi connectivity index (χ3n) is 1.13. The molecule has 6 heteroatoms. The first-order chi connectivity index (χ1) is 5.58. The fraction of sp³-hybridized carbons (Fsp3) is 0.167. The van der Waals surface area contributed by atoms with Gasteiger partial charge in [0.05, 0.1) is 0 Å². The predicted octanol–water partition coefficient (Wildman–Crippen LogP) is 2.17. The number of rotatable bonds is 2. The summed E-state index contributed by atoms with van der Waals surface area (Å²) in [6.07, 6.45) is 0. The van der Waals surface area contributed by atoms with Crippen LogP contribution in [-0.4, -0.2) is 9.91 Å². The SMILES string of the molecule is O=[N+]([O-])Cc1cc(Cl)nc(Cl)c1. The molecule has 0 atom stereocenters. The first-order valence-corrected chi connectivity index (χ1v) is 3.77. The van der Waals surface area contributed by atoms with Gasteiger partial charge in [-0.3, -0.25) is 10.1 Å². The normalized spacial score (nSPS) is 9.83. The highest BCUT2D eigenvalue weighted by molar-refractivity contribution is 6.32. The van der Waals surface area contributed by atoms with Gasteiger partial charge in [0.25, 0.3) is 0 Å². The second-order valence-corrected chi connectivity index (χ2v) is 2.89. The minimum atomic E-state index is -0.456. The highest BCUT2D eigenvalue weighted by Gasteiger charge is 2.04. The molecule has 12 heavy (non-hydrogen) atoms. The molecule has 0 spiro atoms. The Kier molecular flexibility index (Phi) is 2.83. The van der Waals surface area contributed by atoms with E-state index in [1.54, 1.807) is 0 Å². The maximum Gasteiger partial charge on any atom is 0.229 e. The van der Waals surface area contributed by atoms with Crippen LogP contribution < -0.4 is 0 Å². The molecule has 1 aromatic rings. The van der Waals surface area contributed by atoms with Gasteiger partial charge in [-0.1, -0.05) is 23.2 Å². The number of nitro groups is 1. The van der Waals surface area contributed by atoms with Crippen molar-refractivity contribution in [2.24, 2.45) is 0 Å². The van der Waals surface area contributed by atoms with Crippen molar-refractivity contribution in [2.45, 2.75) is 6.54 Å². The quantitative estimate of drug-likeness (QED) is 0.424. The Morgan fingerprint density at radius 2 is 1.92 bits per heavy atom. The molecule has 0 unspecified atom stereocenters. The van der Waals surface area contributed by atoms with Crippen molar-refractivity contribution in [3.63, 3.8) is 0 Å². The third kappa shape index (κ3) is 2.64. The van der Waals surface area contributed by atoms with Gasteiger partial charge in [0.1, 0.15) is 10.3 Å². The Morgan fingerprint density at radius 1 is 1.42 bits per heavy atom. The van der Waals surface area contributed by atoms with Crippen LogP contribution in [0.25, 0.3) is 0 Å². The summed E-state index contributed by atoms with van der Waals surface area (Å²) in [5, 5.41) is 10.4. The molecule has 0 aliphatic carbocycles. The van der Waals surface area contributed by atoms with Crippen molar-refractivity contribution >= 4 is 23.2 Å². The van der Waals surface area contributed by atoms with Gasteiger partial charge in [-0.15, -0.1) is 0 Å². The van der Waals surface area contributed by atoms with Gasteiger partial charge in [-0.05, 0) is 12.1 Å². The first kappa shape index (κ1) is 9.22. The molecule has 64 valence electrons. The third-order valence-corrected chi connectivity index (χ3v) is 1.52. The van der Waals surface area contributed by atoms with Crippen LogP contribution in [0, 0.1) is 10.1 Å². The number of hydrogen-bond acceptors (Lipinski definition) is 3. The van der Waals surface area contributed by atoms with Crippen LogP contribution in [0.2, 0.25) is 10.3 Å². The van der Waals surface area contributed by atoms with Crippen LogP contribution in [0.4, 0.5) is 0 Å². The predicted molar refractivity (Wildman–Crippen MR) is 45.0 cm³/mol. The van der Waals surface area contributed by atoms with Crippen molar-refractivity contribution in [3.8, 4) is 0 Å². The lowest BCUT2D eigenvalue weighted by Crippen LogP contribution is -1.98. The molecule has 0 fully saturated rings. The number of halogens is 2. The lowest BCUT2D eigenvalue weighted by molar-refractivity contribution is -0.496. The van der Waals surface area contributed by atoms with Crippen molar-refractivity contribution < 1.29 is 4.92 Å². The number of pyridine rings is 1. The fourth-order valence-electron chi connectivity index (χ4n) is 0.755. The van der Waals surface area contributed by atoms with Crippen LogP contribution >= 0.6 is 23.2 Å². The summed E-state index contributed by atoms with van der Waals surface area (Å²) >= 11 is 11.0. The lowest BCUT2D eigenvalue weighted by Gasteiger charge is -1.96. The van der Waals surface area contributed by atoms with Crippen LogP contribution in [0.5, 0.6) is 0 Å². The number of aromatic nitrogens is 1. The minimum absolute atomic E-state index is 0.166. The molecule has 0 radical (unpaired) electrons. The smallest absolute Gasteiger partial charge is 0.229 e. The van der Waals surface area contributed by atoms with Gasteiger partial charge in [0.15, 0.2) is 0 Å². The molecule has 1 aromatic heterocycles. The first-order valence-electron chi connectivity index (χ1n) is 3.01. The van der Waals surface area contributed by atoms with Gasteiger partial charge in [0.2, 0.25) is 6.54 Å². The average Bonchev–Trinajstić information content (AvgIpc) is 1.81. The largest absolute Gasteiger partial charge is 0.264 e. The van der Waals surface area contributed by atoms with Gasteiger partial charge in [0, 0.05) is 10.5 Å². The van der Waals surface area contributed by atoms with E-state index in [0.29, 0.717) is 5.56 Å². The van der Waals surface area contributed by atoms with Gasteiger partial charge < -0.3 is 0 Å². The van der Waals surface area contributed by atoms with Crippen LogP contribution in [0.1, 0.15) is 5.56 Å². The molecule has 0 aromatic carbocycles. The second kappa shape index (κ2) is 3.69. The summed E-state index contributed by atoms with van der Waals surface area (Å²) in [6.45, 7) is -0.290. The number of nitrogens with zero attached hydrogens (tertiary/aromatic N) is 2. The summed E-state index contributed by atoms with van der Waals surface area (Å²) < 4.78 is 0. The molecule has 0 aliphatic rings. The standard InChI is InChI=1S/C6H4Cl2N2O2/c7-5-1-4(3-10(11)12)2-6(8)9-5/h1-2H,3H2. The topological polar surface area (TPSA) is 56.0 Å². The Bertz CT molecular complexity index is 296. The molecule has 1 heterocycles. The Labute approximate surface area is 78.3 Å². The minimum Gasteiger partial charge on any atom is -0.264 e. The van der Waals surface area contributed by atoms with E-state index in [4.69, 9.17) is 23.2 Å². The Hall–Kier alpha value is -0.870. The molecule has 0 amide bonds. The molecule has 0 aliphatic heterocycles. The molecule has 0 saturated carbocycles. The average molecular weight is 207 g/mol. The summed E-state index contributed by atoms with van der Waals surface area (Å²) in [5.41, 5.74) is 0.449. The van der Waals surface area contributed by atoms with E-state index in [2.05, 4.69) is 4.98 Å². The summed E-state index contributed by atoms with van der Waals surface area (Å²) in [4.78, 5) is 13.3. The van der Waals surface area contributed by atoms with E-state index in [-0.39, 0.29) is 16.9 Å². The summed E-state index contributed by atoms with van der Waals surface area (Å²) in [7, 11) is 0. The lowest BCUT2D eigenvalue weighted by atomic mass is 10.3. The molecule has 0 bridgehead atoms. The van der Waals surface area contributed by atoms with Crippen LogP contribution in [0.15, 0.2) is 12.1 Å². The van der Waals surface area contributed by atoms with Crippen molar-refractivity contribution in [1.82, 2.24) is 4.98 Å². The zero-order valence-corrected chi connectivity index (χ0v) is 7.34. The molecule has 0 saturated heterocycles. The van der Waals surface area contributed by atoms with E-state index in [1.165, 1.54) is 12.1 Å².